The average Bonchev–Trinajstić information content (AvgIpc) is 2.50. The number of unbranched alkanes of at least 4 members (excludes halogenated alkanes) is 3. The maximum Gasteiger partial charge on any atom is 0.0123 e. The summed E-state index contributed by atoms with van der Waals surface area (Å²) in [7, 11) is 0. The number of nitrogens with zero attached hydrogens (tertiary/aromatic N) is 1. The van der Waals surface area contributed by atoms with E-state index < -0.39 is 0 Å². The van der Waals surface area contributed by atoms with Crippen LogP contribution in [0.5, 0.6) is 0 Å². The average molecular weight is 295 g/mol. The Morgan fingerprint density at radius 3 is 2.57 bits per heavy atom. The quantitative estimate of drug-likeness (QED) is 0.632. The van der Waals surface area contributed by atoms with E-state index in [0.29, 0.717) is 0 Å². The Balaban J connectivity index is 1.50. The van der Waals surface area contributed by atoms with E-state index in [-0.39, 0.29) is 0 Å². The molecule has 2 atom stereocenters. The number of piperidine rings is 1. The zero-order chi connectivity index (χ0) is 14.9. The van der Waals surface area contributed by atoms with Crippen molar-refractivity contribution in [3.8, 4) is 0 Å². The van der Waals surface area contributed by atoms with Gasteiger partial charge in [0.2, 0.25) is 0 Å². The van der Waals surface area contributed by atoms with Gasteiger partial charge in [-0.15, -0.1) is 0 Å². The lowest BCUT2D eigenvalue weighted by atomic mass is 9.78. The number of likely N-dealkylation sites (tertiary alicyclic amines) is 1. The van der Waals surface area contributed by atoms with Crippen LogP contribution in [-0.2, 0) is 0 Å². The van der Waals surface area contributed by atoms with Gasteiger partial charge in [0, 0.05) is 6.04 Å². The van der Waals surface area contributed by atoms with Crippen LogP contribution >= 0.6 is 0 Å². The van der Waals surface area contributed by atoms with E-state index in [4.69, 9.17) is 0 Å². The predicted octanol–water partition coefficient (Wildman–Crippen LogP) is 4.45. The van der Waals surface area contributed by atoms with Crippen LogP contribution in [0, 0.1) is 11.8 Å². The second-order valence-corrected chi connectivity index (χ2v) is 7.80. The highest BCUT2D eigenvalue weighted by Crippen LogP contribution is 2.35. The van der Waals surface area contributed by atoms with Crippen LogP contribution in [-0.4, -0.2) is 37.1 Å². The van der Waals surface area contributed by atoms with Crippen molar-refractivity contribution < 1.29 is 0 Å². The Morgan fingerprint density at radius 2 is 1.71 bits per heavy atom. The smallest absolute Gasteiger partial charge is 0.0123 e. The molecule has 0 spiro atoms. The second kappa shape index (κ2) is 9.84. The summed E-state index contributed by atoms with van der Waals surface area (Å²) in [5.74, 6) is 1.83. The number of fused-ring (bicyclic) bond motifs is 1. The maximum atomic E-state index is 3.55. The van der Waals surface area contributed by atoms with Crippen LogP contribution in [0.3, 0.4) is 0 Å². The third-order valence-corrected chi connectivity index (χ3v) is 5.46. The van der Waals surface area contributed by atoms with Crippen molar-refractivity contribution >= 4 is 0 Å². The lowest BCUT2D eigenvalue weighted by molar-refractivity contribution is 0.0595. The van der Waals surface area contributed by atoms with Crippen molar-refractivity contribution in [2.24, 2.45) is 11.8 Å². The van der Waals surface area contributed by atoms with Crippen LogP contribution in [0.15, 0.2) is 0 Å². The molecule has 2 aliphatic rings. The Hall–Kier alpha value is -0.0800. The molecule has 1 saturated carbocycles. The van der Waals surface area contributed by atoms with Crippen molar-refractivity contribution in [2.75, 3.05) is 26.2 Å². The van der Waals surface area contributed by atoms with E-state index >= 15 is 0 Å². The molecule has 0 radical (unpaired) electrons. The van der Waals surface area contributed by atoms with Gasteiger partial charge in [-0.3, -0.25) is 0 Å². The molecule has 2 nitrogen and oxygen atoms in total. The van der Waals surface area contributed by atoms with E-state index in [1.54, 1.807) is 0 Å². The van der Waals surface area contributed by atoms with Crippen molar-refractivity contribution in [3.05, 3.63) is 0 Å². The predicted molar refractivity (Wildman–Crippen MR) is 92.7 cm³/mol. The van der Waals surface area contributed by atoms with Gasteiger partial charge in [-0.25, -0.2) is 0 Å². The number of nitrogens with one attached hydrogen (secondary N) is 1. The molecule has 1 aliphatic carbocycles. The first-order valence-electron chi connectivity index (χ1n) is 9.72. The molecular weight excluding hydrogens is 256 g/mol. The van der Waals surface area contributed by atoms with Crippen LogP contribution < -0.4 is 5.32 Å². The molecule has 1 heterocycles. The van der Waals surface area contributed by atoms with Gasteiger partial charge in [-0.05, 0) is 76.5 Å². The summed E-state index contributed by atoms with van der Waals surface area (Å²) in [6, 6.07) is 0.959. The van der Waals surface area contributed by atoms with Gasteiger partial charge in [0.25, 0.3) is 0 Å². The molecule has 0 aromatic carbocycles. The third-order valence-electron chi connectivity index (χ3n) is 5.46. The highest BCUT2D eigenvalue weighted by atomic mass is 15.2. The largest absolute Gasteiger partial charge is 0.316 e. The van der Waals surface area contributed by atoms with Gasteiger partial charge < -0.3 is 10.2 Å². The Labute approximate surface area is 133 Å². The molecule has 2 heteroatoms. The number of hydrogen-bond donors (Lipinski definition) is 1. The highest BCUT2D eigenvalue weighted by Gasteiger charge is 2.32. The third kappa shape index (κ3) is 6.28. The van der Waals surface area contributed by atoms with Gasteiger partial charge in [0.1, 0.15) is 0 Å². The van der Waals surface area contributed by atoms with Crippen molar-refractivity contribution in [3.63, 3.8) is 0 Å². The van der Waals surface area contributed by atoms with Crippen LogP contribution in [0.4, 0.5) is 0 Å². The molecule has 0 aromatic rings. The number of rotatable bonds is 9. The Bertz CT molecular complexity index is 262. The van der Waals surface area contributed by atoms with Gasteiger partial charge in [0.05, 0.1) is 0 Å². The zero-order valence-electron chi connectivity index (χ0n) is 14.6. The van der Waals surface area contributed by atoms with Crippen molar-refractivity contribution in [2.45, 2.75) is 84.1 Å². The molecule has 124 valence electrons. The molecule has 0 aromatic heterocycles. The first-order chi connectivity index (χ1) is 10.3. The minimum Gasteiger partial charge on any atom is -0.316 e. The normalized spacial score (nSPS) is 27.0. The monoisotopic (exact) mass is 294 g/mol. The van der Waals surface area contributed by atoms with E-state index in [9.17, 15) is 0 Å². The zero-order valence-corrected chi connectivity index (χ0v) is 14.6. The van der Waals surface area contributed by atoms with Crippen LogP contribution in [0.2, 0.25) is 0 Å². The molecule has 0 bridgehead atoms. The van der Waals surface area contributed by atoms with Crippen LogP contribution in [0.1, 0.15) is 78.1 Å². The van der Waals surface area contributed by atoms with Gasteiger partial charge in [-0.2, -0.15) is 0 Å². The standard InChI is InChI=1S/C19H38N2/c1-17(2)16-20-13-7-3-4-8-14-21-15-9-11-18-10-5-6-12-19(18)21/h17-20H,3-16H2,1-2H3. The molecule has 1 N–H and O–H groups in total. The van der Waals surface area contributed by atoms with E-state index in [1.165, 1.54) is 90.4 Å². The summed E-state index contributed by atoms with van der Waals surface area (Å²) < 4.78 is 0. The van der Waals surface area contributed by atoms with E-state index in [1.807, 2.05) is 0 Å². The molecule has 2 unspecified atom stereocenters. The summed E-state index contributed by atoms with van der Waals surface area (Å²) >= 11 is 0. The fourth-order valence-electron chi connectivity index (χ4n) is 4.31. The SMILES string of the molecule is CC(C)CNCCCCCCN1CCCC2CCCCC21. The highest BCUT2D eigenvalue weighted by molar-refractivity contribution is 4.87. The number of hydrogen-bond acceptors (Lipinski definition) is 2. The molecule has 2 fully saturated rings. The fraction of sp³-hybridized carbons (Fsp3) is 1.00. The maximum absolute atomic E-state index is 3.55. The molecule has 2 rings (SSSR count). The summed E-state index contributed by atoms with van der Waals surface area (Å²) in [6.07, 6.45) is 14.6. The topological polar surface area (TPSA) is 15.3 Å². The first-order valence-corrected chi connectivity index (χ1v) is 9.72. The molecule has 0 amide bonds. The molecule has 21 heavy (non-hydrogen) atoms. The summed E-state index contributed by atoms with van der Waals surface area (Å²) in [5, 5.41) is 3.55. The lowest BCUT2D eigenvalue weighted by Crippen LogP contribution is -2.47. The summed E-state index contributed by atoms with van der Waals surface area (Å²) in [4.78, 5) is 2.85. The molecule has 1 aliphatic heterocycles. The Kier molecular flexibility index (Phi) is 8.10. The Morgan fingerprint density at radius 1 is 0.952 bits per heavy atom. The van der Waals surface area contributed by atoms with Gasteiger partial charge in [0.15, 0.2) is 0 Å². The minimum atomic E-state index is 0.785. The van der Waals surface area contributed by atoms with Gasteiger partial charge in [-0.1, -0.05) is 39.5 Å². The van der Waals surface area contributed by atoms with Crippen LogP contribution in [0.25, 0.3) is 0 Å². The molecule has 1 saturated heterocycles. The van der Waals surface area contributed by atoms with E-state index in [2.05, 4.69) is 24.1 Å². The minimum absolute atomic E-state index is 0.785. The van der Waals surface area contributed by atoms with Gasteiger partial charge >= 0.3 is 0 Å². The fourth-order valence-corrected chi connectivity index (χ4v) is 4.31. The van der Waals surface area contributed by atoms with E-state index in [0.717, 1.165) is 17.9 Å². The first kappa shape index (κ1) is 17.3. The lowest BCUT2D eigenvalue weighted by Gasteiger charge is -2.44. The van der Waals surface area contributed by atoms with Crippen molar-refractivity contribution in [1.29, 1.82) is 0 Å². The second-order valence-electron chi connectivity index (χ2n) is 7.80. The van der Waals surface area contributed by atoms with Crippen molar-refractivity contribution in [1.82, 2.24) is 10.2 Å². The summed E-state index contributed by atoms with van der Waals surface area (Å²) in [6.45, 7) is 9.72. The summed E-state index contributed by atoms with van der Waals surface area (Å²) in [5.41, 5.74) is 0. The molecular formula is C19H38N2.